The maximum Gasteiger partial charge on any atom is 0.158 e. The van der Waals surface area contributed by atoms with E-state index in [-0.39, 0.29) is 17.2 Å². The van der Waals surface area contributed by atoms with Crippen molar-refractivity contribution in [1.82, 2.24) is 4.98 Å². The lowest BCUT2D eigenvalue weighted by atomic mass is 10.2. The van der Waals surface area contributed by atoms with Gasteiger partial charge in [0.15, 0.2) is 9.84 Å². The first-order chi connectivity index (χ1) is 9.11. The number of sulfone groups is 1. The molecule has 1 aromatic heterocycles. The molecule has 4 nitrogen and oxygen atoms in total. The van der Waals surface area contributed by atoms with Gasteiger partial charge < -0.3 is 0 Å². The molecular weight excluding hydrogens is 260 g/mol. The molecule has 19 heavy (non-hydrogen) atoms. The van der Waals surface area contributed by atoms with Gasteiger partial charge in [-0.15, -0.1) is 0 Å². The summed E-state index contributed by atoms with van der Waals surface area (Å²) < 4.78 is 24.2. The van der Waals surface area contributed by atoms with Crippen molar-refractivity contribution in [3.05, 3.63) is 65.5 Å². The van der Waals surface area contributed by atoms with E-state index in [1.807, 2.05) is 12.1 Å². The molecule has 2 rings (SSSR count). The average Bonchev–Trinajstić information content (AvgIpc) is 2.39. The van der Waals surface area contributed by atoms with Crippen LogP contribution in [0.2, 0.25) is 0 Å². The Morgan fingerprint density at radius 1 is 1.05 bits per heavy atom. The van der Waals surface area contributed by atoms with Crippen LogP contribution in [0.1, 0.15) is 16.8 Å². The molecule has 0 fully saturated rings. The predicted molar refractivity (Wildman–Crippen MR) is 71.7 cm³/mol. The van der Waals surface area contributed by atoms with E-state index in [4.69, 9.17) is 5.26 Å². The van der Waals surface area contributed by atoms with E-state index in [0.29, 0.717) is 5.56 Å². The summed E-state index contributed by atoms with van der Waals surface area (Å²) in [6.07, 6.45) is 1.48. The maximum atomic E-state index is 12.1. The summed E-state index contributed by atoms with van der Waals surface area (Å²) >= 11 is 0. The molecule has 0 bridgehead atoms. The lowest BCUT2D eigenvalue weighted by Gasteiger charge is -2.05. The summed E-state index contributed by atoms with van der Waals surface area (Å²) in [5.41, 5.74) is 1.35. The van der Waals surface area contributed by atoms with Gasteiger partial charge in [-0.2, -0.15) is 5.26 Å². The summed E-state index contributed by atoms with van der Waals surface area (Å²) in [7, 11) is -3.31. The molecular formula is C14H12N2O2S. The summed E-state index contributed by atoms with van der Waals surface area (Å²) in [5, 5.41) is 8.90. The second-order valence-electron chi connectivity index (χ2n) is 4.14. The molecule has 0 aliphatic rings. The highest BCUT2D eigenvalue weighted by molar-refractivity contribution is 7.89. The molecule has 0 aliphatic heterocycles. The Balaban J connectivity index is 2.21. The van der Waals surface area contributed by atoms with Crippen LogP contribution in [-0.2, 0) is 21.3 Å². The number of aromatic nitrogens is 1. The number of hydrogen-bond acceptors (Lipinski definition) is 4. The quantitative estimate of drug-likeness (QED) is 0.854. The van der Waals surface area contributed by atoms with E-state index in [2.05, 4.69) is 4.98 Å². The van der Waals surface area contributed by atoms with E-state index in [0.717, 1.165) is 5.56 Å². The van der Waals surface area contributed by atoms with Crippen LogP contribution in [0.25, 0.3) is 0 Å². The highest BCUT2D eigenvalue weighted by atomic mass is 32.2. The molecule has 5 heteroatoms. The van der Waals surface area contributed by atoms with E-state index in [9.17, 15) is 8.42 Å². The van der Waals surface area contributed by atoms with E-state index in [1.54, 1.807) is 36.4 Å². The summed E-state index contributed by atoms with van der Waals surface area (Å²) in [5.74, 6) is -0.202. The number of nitriles is 1. The number of benzene rings is 1. The largest absolute Gasteiger partial charge is 0.245 e. The Morgan fingerprint density at radius 2 is 1.79 bits per heavy atom. The lowest BCUT2D eigenvalue weighted by Crippen LogP contribution is -2.09. The Morgan fingerprint density at radius 3 is 2.47 bits per heavy atom. The van der Waals surface area contributed by atoms with Crippen molar-refractivity contribution in [2.75, 3.05) is 0 Å². The third-order valence-corrected chi connectivity index (χ3v) is 4.13. The van der Waals surface area contributed by atoms with Crippen LogP contribution in [-0.4, -0.2) is 13.4 Å². The van der Waals surface area contributed by atoms with Gasteiger partial charge in [-0.1, -0.05) is 36.4 Å². The van der Waals surface area contributed by atoms with Crippen LogP contribution < -0.4 is 0 Å². The summed E-state index contributed by atoms with van der Waals surface area (Å²) in [4.78, 5) is 3.86. The predicted octanol–water partition coefficient (Wildman–Crippen LogP) is 2.07. The SMILES string of the molecule is N#Cc1ncccc1CS(=O)(=O)Cc1ccccc1. The zero-order valence-corrected chi connectivity index (χ0v) is 11.0. The van der Waals surface area contributed by atoms with Gasteiger partial charge in [0.1, 0.15) is 11.8 Å². The second kappa shape index (κ2) is 5.63. The third-order valence-electron chi connectivity index (χ3n) is 2.60. The van der Waals surface area contributed by atoms with Crippen LogP contribution in [0, 0.1) is 11.3 Å². The van der Waals surface area contributed by atoms with Crippen LogP contribution in [0.4, 0.5) is 0 Å². The van der Waals surface area contributed by atoms with Gasteiger partial charge in [0, 0.05) is 11.8 Å². The van der Waals surface area contributed by atoms with E-state index < -0.39 is 9.84 Å². The van der Waals surface area contributed by atoms with Gasteiger partial charge in [0.25, 0.3) is 0 Å². The molecule has 0 unspecified atom stereocenters. The highest BCUT2D eigenvalue weighted by Gasteiger charge is 2.15. The Labute approximate surface area is 112 Å². The zero-order valence-electron chi connectivity index (χ0n) is 10.2. The fourth-order valence-electron chi connectivity index (χ4n) is 1.77. The van der Waals surface area contributed by atoms with Crippen molar-refractivity contribution in [1.29, 1.82) is 5.26 Å². The smallest absolute Gasteiger partial charge is 0.158 e. The van der Waals surface area contributed by atoms with Crippen molar-refractivity contribution in [3.63, 3.8) is 0 Å². The van der Waals surface area contributed by atoms with E-state index in [1.165, 1.54) is 6.20 Å². The monoisotopic (exact) mass is 272 g/mol. The zero-order chi connectivity index (χ0) is 13.7. The molecule has 0 aliphatic carbocycles. The van der Waals surface area contributed by atoms with Crippen LogP contribution in [0.15, 0.2) is 48.7 Å². The number of pyridine rings is 1. The van der Waals surface area contributed by atoms with Crippen molar-refractivity contribution in [2.45, 2.75) is 11.5 Å². The maximum absolute atomic E-state index is 12.1. The fourth-order valence-corrected chi connectivity index (χ4v) is 3.28. The fraction of sp³-hybridized carbons (Fsp3) is 0.143. The number of hydrogen-bond donors (Lipinski definition) is 0. The normalized spacial score (nSPS) is 10.9. The molecule has 0 N–H and O–H groups in total. The topological polar surface area (TPSA) is 70.8 Å². The van der Waals surface area contributed by atoms with Gasteiger partial charge in [-0.05, 0) is 11.6 Å². The van der Waals surface area contributed by atoms with Crippen molar-refractivity contribution >= 4 is 9.84 Å². The Hall–Kier alpha value is -2.19. The second-order valence-corrected chi connectivity index (χ2v) is 6.21. The van der Waals surface area contributed by atoms with Crippen molar-refractivity contribution < 1.29 is 8.42 Å². The molecule has 0 saturated carbocycles. The number of nitrogens with zero attached hydrogens (tertiary/aromatic N) is 2. The first-order valence-electron chi connectivity index (χ1n) is 5.69. The third kappa shape index (κ3) is 3.63. The van der Waals surface area contributed by atoms with Gasteiger partial charge in [-0.3, -0.25) is 0 Å². The van der Waals surface area contributed by atoms with Gasteiger partial charge in [0.05, 0.1) is 11.5 Å². The highest BCUT2D eigenvalue weighted by Crippen LogP contribution is 2.14. The number of rotatable bonds is 4. The minimum Gasteiger partial charge on any atom is -0.245 e. The van der Waals surface area contributed by atoms with Crippen LogP contribution in [0.5, 0.6) is 0 Å². The standard InChI is InChI=1S/C14H12N2O2S/c15-9-14-13(7-4-8-16-14)11-19(17,18)10-12-5-2-1-3-6-12/h1-8H,10-11H2. The Bertz CT molecular complexity index is 704. The van der Waals surface area contributed by atoms with Crippen molar-refractivity contribution in [2.24, 2.45) is 0 Å². The van der Waals surface area contributed by atoms with Crippen LogP contribution >= 0.6 is 0 Å². The minimum atomic E-state index is -3.31. The molecule has 0 atom stereocenters. The van der Waals surface area contributed by atoms with Crippen LogP contribution in [0.3, 0.4) is 0 Å². The molecule has 96 valence electrons. The first-order valence-corrected chi connectivity index (χ1v) is 7.51. The average molecular weight is 272 g/mol. The Kier molecular flexibility index (Phi) is 3.93. The molecule has 0 radical (unpaired) electrons. The molecule has 1 aromatic carbocycles. The molecule has 0 spiro atoms. The lowest BCUT2D eigenvalue weighted by molar-refractivity contribution is 0.594. The molecule has 0 amide bonds. The molecule has 1 heterocycles. The first kappa shape index (κ1) is 13.2. The van der Waals surface area contributed by atoms with Gasteiger partial charge >= 0.3 is 0 Å². The summed E-state index contributed by atoms with van der Waals surface area (Å²) in [6.45, 7) is 0. The van der Waals surface area contributed by atoms with E-state index >= 15 is 0 Å². The van der Waals surface area contributed by atoms with Gasteiger partial charge in [-0.25, -0.2) is 13.4 Å². The molecule has 0 saturated heterocycles. The van der Waals surface area contributed by atoms with Crippen molar-refractivity contribution in [3.8, 4) is 6.07 Å². The molecule has 2 aromatic rings. The van der Waals surface area contributed by atoms with Gasteiger partial charge in [0.2, 0.25) is 0 Å². The minimum absolute atomic E-state index is 0.0341. The summed E-state index contributed by atoms with van der Waals surface area (Å²) in [6, 6.07) is 14.1.